The van der Waals surface area contributed by atoms with Crippen molar-refractivity contribution in [3.8, 4) is 11.4 Å². The van der Waals surface area contributed by atoms with Gasteiger partial charge in [-0.15, -0.1) is 0 Å². The van der Waals surface area contributed by atoms with E-state index in [1.807, 2.05) is 0 Å². The molecule has 2 heterocycles. The largest absolute Gasteiger partial charge is 0.347 e. The molecule has 0 aromatic heterocycles. The van der Waals surface area contributed by atoms with Crippen molar-refractivity contribution in [2.45, 2.75) is 13.0 Å². The van der Waals surface area contributed by atoms with Crippen LogP contribution >= 0.6 is 0 Å². The average molecular weight is 253 g/mol. The Bertz CT molecular complexity index is 536. The second-order valence-corrected chi connectivity index (χ2v) is 4.18. The summed E-state index contributed by atoms with van der Waals surface area (Å²) in [6.07, 6.45) is -0.943. The number of alkyl halides is 2. The summed E-state index contributed by atoms with van der Waals surface area (Å²) in [5.41, 5.74) is 0.349. The minimum atomic E-state index is -2.60. The molecule has 0 aliphatic carbocycles. The van der Waals surface area contributed by atoms with Crippen LogP contribution in [0.25, 0.3) is 11.4 Å². The molecule has 2 aliphatic rings. The van der Waals surface area contributed by atoms with Crippen molar-refractivity contribution < 1.29 is 13.6 Å². The number of hydrogen-bond donors (Lipinski definition) is 0. The first kappa shape index (κ1) is 12.5. The Kier molecular flexibility index (Phi) is 3.27. The standard InChI is InChI=1S/C12H13F2N3O/c1-16(2)10(18)7-17-5-3-4-8-6-9(11(13)14)15-12(8)17/h3-6,11H,7H2,1-2H3. The normalized spacial score (nSPS) is 11.2. The highest BCUT2D eigenvalue weighted by molar-refractivity contribution is 5.76. The highest BCUT2D eigenvalue weighted by atomic mass is 19.3. The molecule has 0 bridgehead atoms. The summed E-state index contributed by atoms with van der Waals surface area (Å²) in [4.78, 5) is 16.9. The molecule has 0 aromatic rings. The van der Waals surface area contributed by atoms with E-state index in [1.54, 1.807) is 37.0 Å². The zero-order chi connectivity index (χ0) is 13.3. The maximum atomic E-state index is 12.6. The molecular weight excluding hydrogens is 240 g/mol. The number of carbonyl (C=O) groups excluding carboxylic acids is 1. The lowest BCUT2D eigenvalue weighted by Gasteiger charge is -2.14. The molecule has 0 N–H and O–H groups in total. The Hall–Kier alpha value is -1.98. The van der Waals surface area contributed by atoms with Crippen molar-refractivity contribution >= 4 is 5.91 Å². The number of amides is 1. The Balaban J connectivity index is 2.37. The molecule has 4 nitrogen and oxygen atoms in total. The van der Waals surface area contributed by atoms with Crippen LogP contribution < -0.4 is 0 Å². The lowest BCUT2D eigenvalue weighted by Crippen LogP contribution is -2.26. The molecule has 0 radical (unpaired) electrons. The van der Waals surface area contributed by atoms with Gasteiger partial charge in [-0.3, -0.25) is 4.79 Å². The third-order valence-electron chi connectivity index (χ3n) is 2.64. The van der Waals surface area contributed by atoms with Crippen LogP contribution in [0.15, 0.2) is 24.4 Å². The van der Waals surface area contributed by atoms with E-state index in [0.717, 1.165) is 0 Å². The van der Waals surface area contributed by atoms with Crippen LogP contribution in [0.1, 0.15) is 12.1 Å². The van der Waals surface area contributed by atoms with Gasteiger partial charge in [0.2, 0.25) is 5.91 Å². The van der Waals surface area contributed by atoms with Crippen molar-refractivity contribution in [3.63, 3.8) is 0 Å². The van der Waals surface area contributed by atoms with Gasteiger partial charge in [-0.25, -0.2) is 13.8 Å². The molecule has 0 spiro atoms. The minimum absolute atomic E-state index is 0.0873. The smallest absolute Gasteiger partial charge is 0.280 e. The zero-order valence-electron chi connectivity index (χ0n) is 10.1. The Labute approximate surface area is 103 Å². The van der Waals surface area contributed by atoms with Crippen molar-refractivity contribution in [1.29, 1.82) is 0 Å². The van der Waals surface area contributed by atoms with Crippen LogP contribution in [0.4, 0.5) is 8.78 Å². The highest BCUT2D eigenvalue weighted by Gasteiger charge is 2.18. The van der Waals surface area contributed by atoms with Gasteiger partial charge in [0.25, 0.3) is 6.43 Å². The summed E-state index contributed by atoms with van der Waals surface area (Å²) in [5.74, 6) is 0.289. The van der Waals surface area contributed by atoms with Crippen LogP contribution in [0.5, 0.6) is 0 Å². The fraction of sp³-hybridized carbons (Fsp3) is 0.333. The van der Waals surface area contributed by atoms with Gasteiger partial charge in [0.1, 0.15) is 18.1 Å². The molecule has 1 amide bonds. The third-order valence-corrected chi connectivity index (χ3v) is 2.64. The van der Waals surface area contributed by atoms with E-state index in [4.69, 9.17) is 0 Å². The average Bonchev–Trinajstić information content (AvgIpc) is 2.73. The van der Waals surface area contributed by atoms with Gasteiger partial charge in [0.15, 0.2) is 0 Å². The number of carbonyl (C=O) groups is 1. The molecule has 96 valence electrons. The van der Waals surface area contributed by atoms with Gasteiger partial charge in [-0.1, -0.05) is 0 Å². The summed E-state index contributed by atoms with van der Waals surface area (Å²) in [6.45, 7) is 0.0873. The van der Waals surface area contributed by atoms with E-state index in [9.17, 15) is 13.6 Å². The Morgan fingerprint density at radius 3 is 2.83 bits per heavy atom. The maximum Gasteiger partial charge on any atom is 0.280 e. The lowest BCUT2D eigenvalue weighted by molar-refractivity contribution is -0.129. The van der Waals surface area contributed by atoms with E-state index in [2.05, 4.69) is 4.98 Å². The van der Waals surface area contributed by atoms with Crippen LogP contribution in [0.2, 0.25) is 0 Å². The Morgan fingerprint density at radius 1 is 1.50 bits per heavy atom. The van der Waals surface area contributed by atoms with Gasteiger partial charge < -0.3 is 9.47 Å². The number of pyridine rings is 1. The number of rotatable bonds is 3. The summed E-state index contributed by atoms with van der Waals surface area (Å²) < 4.78 is 26.7. The molecule has 0 saturated carbocycles. The number of nitrogens with zero attached hydrogens (tertiary/aromatic N) is 3. The van der Waals surface area contributed by atoms with E-state index < -0.39 is 6.43 Å². The summed E-state index contributed by atoms with van der Waals surface area (Å²) in [5, 5.41) is 0. The zero-order valence-corrected chi connectivity index (χ0v) is 10.1. The molecule has 0 atom stereocenters. The van der Waals surface area contributed by atoms with Gasteiger partial charge >= 0.3 is 0 Å². The molecule has 2 rings (SSSR count). The third kappa shape index (κ3) is 2.32. The van der Waals surface area contributed by atoms with Crippen LogP contribution in [0.3, 0.4) is 0 Å². The van der Waals surface area contributed by atoms with Crippen molar-refractivity contribution in [1.82, 2.24) is 14.5 Å². The molecule has 0 unspecified atom stereocenters. The fourth-order valence-electron chi connectivity index (χ4n) is 1.64. The molecule has 6 heteroatoms. The first-order valence-electron chi connectivity index (χ1n) is 5.43. The number of aromatic nitrogens is 2. The molecule has 0 aromatic carbocycles. The minimum Gasteiger partial charge on any atom is -0.347 e. The van der Waals surface area contributed by atoms with Crippen LogP contribution in [0, 0.1) is 0 Å². The lowest BCUT2D eigenvalue weighted by atomic mass is 10.2. The van der Waals surface area contributed by atoms with Gasteiger partial charge in [-0.05, 0) is 18.2 Å². The van der Waals surface area contributed by atoms with E-state index in [-0.39, 0.29) is 18.1 Å². The second-order valence-electron chi connectivity index (χ2n) is 4.18. The molecule has 18 heavy (non-hydrogen) atoms. The molecule has 0 fully saturated rings. The van der Waals surface area contributed by atoms with E-state index in [1.165, 1.54) is 11.0 Å². The molecule has 0 saturated heterocycles. The first-order valence-corrected chi connectivity index (χ1v) is 5.43. The maximum absolute atomic E-state index is 12.6. The first-order chi connectivity index (χ1) is 8.49. The SMILES string of the molecule is CN(C)C(=O)Cn1cccc2cc(C(F)F)nc1-2. The van der Waals surface area contributed by atoms with Crippen LogP contribution in [-0.2, 0) is 11.3 Å². The number of fused-ring (bicyclic) bond motifs is 1. The highest BCUT2D eigenvalue weighted by Crippen LogP contribution is 2.27. The topological polar surface area (TPSA) is 38.1 Å². The van der Waals surface area contributed by atoms with Crippen molar-refractivity contribution in [3.05, 3.63) is 30.1 Å². The molecular formula is C12H13F2N3O. The number of hydrogen-bond acceptors (Lipinski definition) is 2. The van der Waals surface area contributed by atoms with Crippen LogP contribution in [-0.4, -0.2) is 34.5 Å². The van der Waals surface area contributed by atoms with E-state index in [0.29, 0.717) is 11.4 Å². The van der Waals surface area contributed by atoms with Gasteiger partial charge in [-0.2, -0.15) is 0 Å². The monoisotopic (exact) mass is 253 g/mol. The summed E-state index contributed by atoms with van der Waals surface area (Å²) in [6, 6.07) is 4.75. The number of halogens is 2. The van der Waals surface area contributed by atoms with Gasteiger partial charge in [0, 0.05) is 25.9 Å². The fourth-order valence-corrected chi connectivity index (χ4v) is 1.64. The molecule has 2 aliphatic heterocycles. The predicted octanol–water partition coefficient (Wildman–Crippen LogP) is 2.01. The van der Waals surface area contributed by atoms with Crippen molar-refractivity contribution in [2.24, 2.45) is 0 Å². The Morgan fingerprint density at radius 2 is 2.22 bits per heavy atom. The van der Waals surface area contributed by atoms with Gasteiger partial charge in [0.05, 0.1) is 0 Å². The quantitative estimate of drug-likeness (QED) is 0.839. The number of likely N-dealkylation sites (N-methyl/N-ethyl adjacent to an activating group) is 1. The predicted molar refractivity (Wildman–Crippen MR) is 62.5 cm³/mol. The second kappa shape index (κ2) is 4.72. The van der Waals surface area contributed by atoms with Crippen molar-refractivity contribution in [2.75, 3.05) is 14.1 Å². The summed E-state index contributed by atoms with van der Waals surface area (Å²) >= 11 is 0. The van der Waals surface area contributed by atoms with E-state index >= 15 is 0 Å². The summed E-state index contributed by atoms with van der Waals surface area (Å²) in [7, 11) is 3.29.